The predicted octanol–water partition coefficient (Wildman–Crippen LogP) is 1.88. The minimum Gasteiger partial charge on any atom is -0.370 e. The average Bonchev–Trinajstić information content (AvgIpc) is 2.33. The Bertz CT molecular complexity index is 531. The number of rotatable bonds is 8. The topological polar surface area (TPSA) is 123 Å². The van der Waals surface area contributed by atoms with Crippen molar-refractivity contribution in [1.82, 2.24) is 4.98 Å². The zero-order chi connectivity index (χ0) is 16.0. The summed E-state index contributed by atoms with van der Waals surface area (Å²) in [6.45, 7) is 6.19. The van der Waals surface area contributed by atoms with Crippen molar-refractivity contribution in [3.05, 3.63) is 22.2 Å². The molecule has 0 atom stereocenters. The van der Waals surface area contributed by atoms with Gasteiger partial charge in [-0.25, -0.2) is 4.98 Å². The van der Waals surface area contributed by atoms with Crippen LogP contribution in [0.15, 0.2) is 12.1 Å². The first-order valence-corrected chi connectivity index (χ1v) is 6.71. The number of nitrogens with zero attached hydrogens (tertiary/aromatic N) is 2. The quantitative estimate of drug-likeness (QED) is 0.497. The first kappa shape index (κ1) is 16.7. The van der Waals surface area contributed by atoms with Crippen LogP contribution in [0.2, 0.25) is 0 Å². The van der Waals surface area contributed by atoms with Crippen molar-refractivity contribution in [2.45, 2.75) is 39.2 Å². The summed E-state index contributed by atoms with van der Waals surface area (Å²) >= 11 is 0. The van der Waals surface area contributed by atoms with E-state index < -0.39 is 16.4 Å². The van der Waals surface area contributed by atoms with Crippen LogP contribution in [0.4, 0.5) is 17.3 Å². The molecule has 0 bridgehead atoms. The molecule has 1 aromatic rings. The molecule has 0 aromatic carbocycles. The van der Waals surface area contributed by atoms with Gasteiger partial charge in [-0.3, -0.25) is 14.9 Å². The van der Waals surface area contributed by atoms with E-state index in [9.17, 15) is 14.9 Å². The molecule has 0 aliphatic heterocycles. The molecule has 21 heavy (non-hydrogen) atoms. The van der Waals surface area contributed by atoms with Gasteiger partial charge >= 0.3 is 5.69 Å². The maximum atomic E-state index is 11.1. The van der Waals surface area contributed by atoms with E-state index >= 15 is 0 Å². The third kappa shape index (κ3) is 5.25. The van der Waals surface area contributed by atoms with E-state index in [4.69, 9.17) is 5.73 Å². The maximum absolute atomic E-state index is 11.1. The largest absolute Gasteiger partial charge is 0.370 e. The number of pyridine rings is 1. The molecule has 0 aliphatic rings. The van der Waals surface area contributed by atoms with Gasteiger partial charge < -0.3 is 16.4 Å². The summed E-state index contributed by atoms with van der Waals surface area (Å²) in [5.74, 6) is 0.169. The van der Waals surface area contributed by atoms with Crippen molar-refractivity contribution >= 4 is 23.2 Å². The summed E-state index contributed by atoms with van der Waals surface area (Å²) in [6, 6.07) is 2.94. The van der Waals surface area contributed by atoms with Crippen molar-refractivity contribution in [1.29, 1.82) is 0 Å². The third-order valence-corrected chi connectivity index (χ3v) is 2.70. The van der Waals surface area contributed by atoms with E-state index in [-0.39, 0.29) is 17.9 Å². The lowest BCUT2D eigenvalue weighted by molar-refractivity contribution is -0.384. The summed E-state index contributed by atoms with van der Waals surface area (Å²) < 4.78 is 0. The Balaban J connectivity index is 3.05. The molecule has 1 amide bonds. The van der Waals surface area contributed by atoms with E-state index in [0.717, 1.165) is 13.0 Å². The van der Waals surface area contributed by atoms with E-state index in [1.54, 1.807) is 19.9 Å². The van der Waals surface area contributed by atoms with Crippen LogP contribution in [-0.2, 0) is 4.79 Å². The molecule has 1 aromatic heterocycles. The molecule has 0 fully saturated rings. The van der Waals surface area contributed by atoms with Gasteiger partial charge in [-0.15, -0.1) is 0 Å². The van der Waals surface area contributed by atoms with Crippen LogP contribution in [0.25, 0.3) is 0 Å². The molecular weight excluding hydrogens is 274 g/mol. The van der Waals surface area contributed by atoms with Crippen LogP contribution < -0.4 is 16.4 Å². The fourth-order valence-corrected chi connectivity index (χ4v) is 1.84. The summed E-state index contributed by atoms with van der Waals surface area (Å²) in [5.41, 5.74) is 4.31. The van der Waals surface area contributed by atoms with Gasteiger partial charge in [0.2, 0.25) is 11.7 Å². The van der Waals surface area contributed by atoms with Crippen molar-refractivity contribution in [2.75, 3.05) is 17.2 Å². The summed E-state index contributed by atoms with van der Waals surface area (Å²) in [5, 5.41) is 17.1. The summed E-state index contributed by atoms with van der Waals surface area (Å²) in [7, 11) is 0. The molecule has 0 radical (unpaired) electrons. The number of nitro groups is 1. The Hall–Kier alpha value is -2.38. The minimum absolute atomic E-state index is 0.0401. The number of hydrogen-bond donors (Lipinski definition) is 3. The molecule has 4 N–H and O–H groups in total. The predicted molar refractivity (Wildman–Crippen MR) is 81.2 cm³/mol. The SMILES string of the molecule is CCCNc1ccc([N+](=O)[O-])c(NC(C)(C)CC(N)=O)n1. The number of primary amides is 1. The first-order chi connectivity index (χ1) is 9.75. The highest BCUT2D eigenvalue weighted by molar-refractivity contribution is 5.76. The molecule has 0 saturated heterocycles. The Morgan fingerprint density at radius 3 is 2.67 bits per heavy atom. The molecule has 116 valence electrons. The smallest absolute Gasteiger partial charge is 0.311 e. The Morgan fingerprint density at radius 1 is 1.48 bits per heavy atom. The van der Waals surface area contributed by atoms with E-state index in [0.29, 0.717) is 5.82 Å². The number of carbonyl (C=O) groups excluding carboxylic acids is 1. The lowest BCUT2D eigenvalue weighted by Crippen LogP contribution is -2.36. The molecule has 1 heterocycles. The minimum atomic E-state index is -0.729. The van der Waals surface area contributed by atoms with Crippen molar-refractivity contribution < 1.29 is 9.72 Å². The Kier molecular flexibility index (Phi) is 5.45. The lowest BCUT2D eigenvalue weighted by Gasteiger charge is -2.25. The number of hydrogen-bond acceptors (Lipinski definition) is 6. The van der Waals surface area contributed by atoms with Gasteiger partial charge in [0.25, 0.3) is 0 Å². The van der Waals surface area contributed by atoms with Gasteiger partial charge in [0.1, 0.15) is 5.82 Å². The van der Waals surface area contributed by atoms with Crippen LogP contribution in [-0.4, -0.2) is 27.9 Å². The van der Waals surface area contributed by atoms with Gasteiger partial charge in [-0.2, -0.15) is 0 Å². The normalized spacial score (nSPS) is 11.0. The van der Waals surface area contributed by atoms with Gasteiger partial charge in [0.15, 0.2) is 0 Å². The lowest BCUT2D eigenvalue weighted by atomic mass is 10.0. The first-order valence-electron chi connectivity index (χ1n) is 6.71. The highest BCUT2D eigenvalue weighted by atomic mass is 16.6. The molecule has 8 heteroatoms. The fraction of sp³-hybridized carbons (Fsp3) is 0.538. The van der Waals surface area contributed by atoms with E-state index in [2.05, 4.69) is 15.6 Å². The van der Waals surface area contributed by atoms with Crippen LogP contribution in [0.5, 0.6) is 0 Å². The zero-order valence-electron chi connectivity index (χ0n) is 12.5. The van der Waals surface area contributed by atoms with Crippen LogP contribution in [0.3, 0.4) is 0 Å². The molecule has 1 rings (SSSR count). The standard InChI is InChI=1S/C13H21N5O3/c1-4-7-15-11-6-5-9(18(20)21)12(16-11)17-13(2,3)8-10(14)19/h5-6H,4,7-8H2,1-3H3,(H2,14,19)(H2,15,16,17). The van der Waals surface area contributed by atoms with E-state index in [1.165, 1.54) is 6.07 Å². The Labute approximate surface area is 123 Å². The highest BCUT2D eigenvalue weighted by Crippen LogP contribution is 2.27. The van der Waals surface area contributed by atoms with Gasteiger partial charge in [-0.05, 0) is 26.3 Å². The Morgan fingerprint density at radius 2 is 2.14 bits per heavy atom. The molecule has 0 spiro atoms. The number of aromatic nitrogens is 1. The molecule has 0 saturated carbocycles. The average molecular weight is 295 g/mol. The van der Waals surface area contributed by atoms with Crippen LogP contribution in [0, 0.1) is 10.1 Å². The second kappa shape index (κ2) is 6.87. The summed E-state index contributed by atoms with van der Waals surface area (Å²) in [6.07, 6.45) is 0.951. The highest BCUT2D eigenvalue weighted by Gasteiger charge is 2.25. The summed E-state index contributed by atoms with van der Waals surface area (Å²) in [4.78, 5) is 25.8. The van der Waals surface area contributed by atoms with Crippen LogP contribution in [0.1, 0.15) is 33.6 Å². The molecule has 0 aliphatic carbocycles. The molecular formula is C13H21N5O3. The number of carbonyl (C=O) groups is 1. The molecule has 8 nitrogen and oxygen atoms in total. The van der Waals surface area contributed by atoms with Crippen LogP contribution >= 0.6 is 0 Å². The third-order valence-electron chi connectivity index (χ3n) is 2.70. The zero-order valence-corrected chi connectivity index (χ0v) is 12.5. The van der Waals surface area contributed by atoms with Gasteiger partial charge in [0, 0.05) is 24.6 Å². The van der Waals surface area contributed by atoms with Crippen molar-refractivity contribution in [3.8, 4) is 0 Å². The number of nitrogens with two attached hydrogens (primary N) is 1. The maximum Gasteiger partial charge on any atom is 0.311 e. The molecule has 0 unspecified atom stereocenters. The fourth-order valence-electron chi connectivity index (χ4n) is 1.84. The number of amides is 1. The van der Waals surface area contributed by atoms with Gasteiger partial charge in [-0.1, -0.05) is 6.92 Å². The monoisotopic (exact) mass is 295 g/mol. The van der Waals surface area contributed by atoms with Crippen molar-refractivity contribution in [3.63, 3.8) is 0 Å². The second-order valence-corrected chi connectivity index (χ2v) is 5.40. The number of anilines is 2. The second-order valence-electron chi connectivity index (χ2n) is 5.40. The van der Waals surface area contributed by atoms with Gasteiger partial charge in [0.05, 0.1) is 4.92 Å². The van der Waals surface area contributed by atoms with Crippen molar-refractivity contribution in [2.24, 2.45) is 5.73 Å². The van der Waals surface area contributed by atoms with E-state index in [1.807, 2.05) is 6.92 Å². The number of nitrogens with one attached hydrogen (secondary N) is 2.